The van der Waals surface area contributed by atoms with Gasteiger partial charge in [0.25, 0.3) is 0 Å². The van der Waals surface area contributed by atoms with Crippen LogP contribution in [-0.4, -0.2) is 50.6 Å². The zero-order chi connectivity index (χ0) is 40.4. The molecule has 2 aliphatic heterocycles. The number of ether oxygens (including phenoxy) is 2. The van der Waals surface area contributed by atoms with Gasteiger partial charge in [-0.05, 0) is 79.5 Å². The summed E-state index contributed by atoms with van der Waals surface area (Å²) in [6.07, 6.45) is 1.34. The molecule has 2 N–H and O–H groups in total. The van der Waals surface area contributed by atoms with E-state index in [1.807, 2.05) is 63.2 Å². The molecule has 292 valence electrons. The molecule has 56 heavy (non-hydrogen) atoms. The number of aryl methyl sites for hydroxylation is 2. The van der Waals surface area contributed by atoms with Gasteiger partial charge in [-0.3, -0.25) is 29.1 Å². The van der Waals surface area contributed by atoms with Gasteiger partial charge in [-0.15, -0.1) is 0 Å². The number of hydrogen-bond donors (Lipinski definition) is 2. The Morgan fingerprint density at radius 3 is 2.11 bits per heavy atom. The number of ketones is 2. The summed E-state index contributed by atoms with van der Waals surface area (Å²) >= 11 is 0. The first-order valence-corrected chi connectivity index (χ1v) is 19.7. The van der Waals surface area contributed by atoms with E-state index in [4.69, 9.17) is 19.4 Å². The van der Waals surface area contributed by atoms with Crippen molar-refractivity contribution in [2.45, 2.75) is 123 Å². The summed E-state index contributed by atoms with van der Waals surface area (Å²) in [5.41, 5.74) is 10.7. The first-order valence-electron chi connectivity index (χ1n) is 19.7. The van der Waals surface area contributed by atoms with Crippen molar-refractivity contribution in [2.75, 3.05) is 7.11 Å². The summed E-state index contributed by atoms with van der Waals surface area (Å²) in [4.78, 5) is 72.1. The Hall–Kier alpha value is -5.38. The van der Waals surface area contributed by atoms with Gasteiger partial charge in [0, 0.05) is 74.9 Å². The van der Waals surface area contributed by atoms with Gasteiger partial charge in [0.15, 0.2) is 11.6 Å². The van der Waals surface area contributed by atoms with E-state index in [1.165, 1.54) is 7.11 Å². The SMILES string of the molecule is CC[C@H]1c2cc3[nH]c4c(c3C)C(=O)[C@H](C(=O)OCc3ccc(C(C)(C)C)cc3)c4c3nc(cc4[nH]c(cc(n2)[C@@H]1C)c(C(C)=O)c4C)[C@@H](C)[C@@H]3CCC(=O)OC. The van der Waals surface area contributed by atoms with Gasteiger partial charge < -0.3 is 19.4 Å². The van der Waals surface area contributed by atoms with Crippen molar-refractivity contribution in [3.8, 4) is 0 Å². The van der Waals surface area contributed by atoms with Crippen LogP contribution in [0.1, 0.15) is 169 Å². The normalized spacial score (nSPS) is 20.3. The second-order valence-corrected chi connectivity index (χ2v) is 16.8. The first-order chi connectivity index (χ1) is 26.5. The smallest absolute Gasteiger partial charge is 0.321 e. The number of nitrogens with one attached hydrogen (secondary N) is 2. The molecule has 5 atom stereocenters. The predicted octanol–water partition coefficient (Wildman–Crippen LogP) is 9.59. The molecular weight excluding hydrogens is 705 g/mol. The third kappa shape index (κ3) is 6.66. The van der Waals surface area contributed by atoms with Gasteiger partial charge in [0.2, 0.25) is 0 Å². The predicted molar refractivity (Wildman–Crippen MR) is 216 cm³/mol. The zero-order valence-electron chi connectivity index (χ0n) is 34.1. The number of fused-ring (bicyclic) bond motifs is 8. The Kier molecular flexibility index (Phi) is 10.1. The van der Waals surface area contributed by atoms with Crippen LogP contribution in [0, 0.1) is 13.8 Å². The van der Waals surface area contributed by atoms with Gasteiger partial charge in [0.1, 0.15) is 12.5 Å². The molecule has 0 spiro atoms. The zero-order valence-corrected chi connectivity index (χ0v) is 34.1. The Balaban J connectivity index is 1.49. The highest BCUT2D eigenvalue weighted by Crippen LogP contribution is 2.48. The molecule has 7 rings (SSSR count). The highest BCUT2D eigenvalue weighted by atomic mass is 16.5. The van der Waals surface area contributed by atoms with Crippen molar-refractivity contribution in [3.63, 3.8) is 0 Å². The van der Waals surface area contributed by atoms with Crippen LogP contribution in [0.5, 0.6) is 0 Å². The second-order valence-electron chi connectivity index (χ2n) is 16.8. The summed E-state index contributed by atoms with van der Waals surface area (Å²) in [7, 11) is 1.36. The lowest BCUT2D eigenvalue weighted by molar-refractivity contribution is -0.145. The van der Waals surface area contributed by atoms with E-state index in [2.05, 4.69) is 44.6 Å². The number of Topliss-reactive ketones (excluding diaryl/α,β-unsaturated/α-hetero) is 2. The van der Waals surface area contributed by atoms with Gasteiger partial charge in [-0.1, -0.05) is 65.8 Å². The van der Waals surface area contributed by atoms with Gasteiger partial charge >= 0.3 is 11.9 Å². The van der Waals surface area contributed by atoms with Crippen molar-refractivity contribution in [1.29, 1.82) is 0 Å². The molecule has 1 aliphatic carbocycles. The third-order valence-electron chi connectivity index (χ3n) is 12.3. The van der Waals surface area contributed by atoms with Crippen molar-refractivity contribution in [3.05, 3.63) is 104 Å². The molecule has 1 aromatic carbocycles. The summed E-state index contributed by atoms with van der Waals surface area (Å²) in [6.45, 7) is 18.2. The summed E-state index contributed by atoms with van der Waals surface area (Å²) in [5.74, 6) is -3.04. The lowest BCUT2D eigenvalue weighted by Crippen LogP contribution is -2.22. The molecular formula is C46H52N4O6. The third-order valence-corrected chi connectivity index (χ3v) is 12.3. The summed E-state index contributed by atoms with van der Waals surface area (Å²) in [5, 5.41) is 0. The van der Waals surface area contributed by atoms with Crippen LogP contribution in [-0.2, 0) is 31.1 Å². The van der Waals surface area contributed by atoms with E-state index in [-0.39, 0.29) is 59.7 Å². The van der Waals surface area contributed by atoms with Crippen LogP contribution in [0.2, 0.25) is 0 Å². The Morgan fingerprint density at radius 1 is 0.839 bits per heavy atom. The molecule has 0 amide bonds. The second kappa shape index (κ2) is 14.6. The molecule has 3 aromatic heterocycles. The number of aromatic amines is 2. The van der Waals surface area contributed by atoms with Crippen LogP contribution in [0.15, 0.2) is 42.5 Å². The maximum Gasteiger partial charge on any atom is 0.321 e. The number of nitrogens with zero attached hydrogens (tertiary/aromatic N) is 2. The molecule has 0 saturated heterocycles. The van der Waals surface area contributed by atoms with Crippen molar-refractivity contribution in [2.24, 2.45) is 0 Å². The van der Waals surface area contributed by atoms with E-state index in [0.717, 1.165) is 51.1 Å². The molecule has 5 heterocycles. The average Bonchev–Trinajstić information content (AvgIpc) is 3.90. The molecule has 0 radical (unpaired) electrons. The number of hydrogen-bond acceptors (Lipinski definition) is 8. The van der Waals surface area contributed by atoms with E-state index < -0.39 is 11.9 Å². The number of methoxy groups -OCH3 is 1. The van der Waals surface area contributed by atoms with E-state index in [1.54, 1.807) is 6.92 Å². The minimum atomic E-state index is -1.26. The quantitative estimate of drug-likeness (QED) is 0.103. The topological polar surface area (TPSA) is 144 Å². The Labute approximate surface area is 327 Å². The van der Waals surface area contributed by atoms with Crippen LogP contribution < -0.4 is 0 Å². The average molecular weight is 757 g/mol. The largest absolute Gasteiger partial charge is 0.469 e. The van der Waals surface area contributed by atoms with E-state index in [9.17, 15) is 19.2 Å². The van der Waals surface area contributed by atoms with Crippen molar-refractivity contribution >= 4 is 45.6 Å². The number of H-pyrrole nitrogens is 2. The van der Waals surface area contributed by atoms with Crippen molar-refractivity contribution in [1.82, 2.24) is 19.9 Å². The van der Waals surface area contributed by atoms with Gasteiger partial charge in [-0.25, -0.2) is 0 Å². The van der Waals surface area contributed by atoms with Gasteiger partial charge in [-0.2, -0.15) is 0 Å². The molecule has 10 heteroatoms. The highest BCUT2D eigenvalue weighted by molar-refractivity contribution is 6.23. The standard InChI is InChI=1S/C46H52N4O6/c1-11-29-22(2)31-20-36-38(26(6)51)24(4)33(48-36)18-32-23(3)30(16-17-37(52)55-10)42(49-32)40-41(44(53)39-25(5)34(50-43(39)40)19-35(29)47-31)45(54)56-21-27-12-14-28(15-13-27)46(7,8)9/h12-15,18-20,22-23,29-30,41,48,50H,11,16-17,21H2,1-10H3/t22-,23+,29-,30+,41-/m1/s1. The Bertz CT molecular complexity index is 2450. The summed E-state index contributed by atoms with van der Waals surface area (Å²) < 4.78 is 11.0. The molecule has 0 fully saturated rings. The fourth-order valence-corrected chi connectivity index (χ4v) is 8.93. The number of carbonyl (C=O) groups is 4. The van der Waals surface area contributed by atoms with Crippen LogP contribution in [0.4, 0.5) is 0 Å². The van der Waals surface area contributed by atoms with E-state index in [0.29, 0.717) is 45.5 Å². The van der Waals surface area contributed by atoms with Crippen LogP contribution >= 0.6 is 0 Å². The van der Waals surface area contributed by atoms with Gasteiger partial charge in [0.05, 0.1) is 23.8 Å². The number of aromatic nitrogens is 4. The highest BCUT2D eigenvalue weighted by Gasteiger charge is 2.46. The number of rotatable bonds is 8. The molecule has 4 aromatic rings. The number of benzene rings is 1. The maximum absolute atomic E-state index is 14.7. The molecule has 10 nitrogen and oxygen atoms in total. The van der Waals surface area contributed by atoms with Crippen LogP contribution in [0.25, 0.3) is 22.1 Å². The fraction of sp³-hybridized carbons (Fsp3) is 0.435. The molecule has 3 aliphatic rings. The summed E-state index contributed by atoms with van der Waals surface area (Å²) in [6, 6.07) is 13.9. The monoisotopic (exact) mass is 756 g/mol. The Morgan fingerprint density at radius 2 is 1.46 bits per heavy atom. The maximum atomic E-state index is 14.7. The fourth-order valence-electron chi connectivity index (χ4n) is 8.93. The minimum Gasteiger partial charge on any atom is -0.469 e. The van der Waals surface area contributed by atoms with E-state index >= 15 is 0 Å². The minimum absolute atomic E-state index is 0.00520. The first kappa shape index (κ1) is 38.9. The molecule has 8 bridgehead atoms. The van der Waals surface area contributed by atoms with Crippen LogP contribution in [0.3, 0.4) is 0 Å². The lowest BCUT2D eigenvalue weighted by Gasteiger charge is -2.20. The molecule has 0 unspecified atom stereocenters. The number of carbonyl (C=O) groups excluding carboxylic acids is 4. The lowest BCUT2D eigenvalue weighted by atomic mass is 9.84. The number of esters is 2. The molecule has 0 saturated carbocycles. The van der Waals surface area contributed by atoms with Crippen molar-refractivity contribution < 1.29 is 28.7 Å².